The van der Waals surface area contributed by atoms with Gasteiger partial charge >= 0.3 is 0 Å². The molecule has 1 amide bonds. The smallest absolute Gasteiger partial charge is 0.231 e. The number of benzene rings is 1. The highest BCUT2D eigenvalue weighted by Crippen LogP contribution is 2.32. The number of aromatic nitrogens is 1. The average molecular weight is 417 g/mol. The zero-order valence-electron chi connectivity index (χ0n) is 16.9. The predicted molar refractivity (Wildman–Crippen MR) is 112 cm³/mol. The lowest BCUT2D eigenvalue weighted by Gasteiger charge is -2.33. The minimum Gasteiger partial charge on any atom is -0.454 e. The minimum absolute atomic E-state index is 0.123. The molecule has 1 aromatic carbocycles. The Morgan fingerprint density at radius 2 is 2.03 bits per heavy atom. The lowest BCUT2D eigenvalue weighted by atomic mass is 10.1. The normalized spacial score (nSPS) is 16.9. The molecule has 2 aromatic rings. The molecule has 8 heteroatoms. The standard InChI is InChI=1S/C21H28N4O3S/c1-23-8-10-24(11-9-23)6-2-7-25(15-20-22-5-12-29-20)21(26)14-17-3-4-18-19(13-17)28-16-27-18/h3-5,12-13H,2,6-11,14-16H2,1H3. The number of hydrogen-bond acceptors (Lipinski definition) is 7. The number of rotatable bonds is 8. The third-order valence-electron chi connectivity index (χ3n) is 5.45. The van der Waals surface area contributed by atoms with Crippen LogP contribution in [0.3, 0.4) is 0 Å². The van der Waals surface area contributed by atoms with Crippen LogP contribution in [0, 0.1) is 0 Å². The molecule has 0 bridgehead atoms. The monoisotopic (exact) mass is 416 g/mol. The van der Waals surface area contributed by atoms with Crippen LogP contribution < -0.4 is 9.47 Å². The fraction of sp³-hybridized carbons (Fsp3) is 0.524. The molecule has 7 nitrogen and oxygen atoms in total. The highest BCUT2D eigenvalue weighted by atomic mass is 32.1. The van der Waals surface area contributed by atoms with Gasteiger partial charge in [-0.3, -0.25) is 4.79 Å². The maximum atomic E-state index is 13.1. The van der Waals surface area contributed by atoms with Crippen LogP contribution in [0.2, 0.25) is 0 Å². The van der Waals surface area contributed by atoms with E-state index in [0.29, 0.717) is 13.0 Å². The summed E-state index contributed by atoms with van der Waals surface area (Å²) in [5.41, 5.74) is 0.947. The topological polar surface area (TPSA) is 58.1 Å². The van der Waals surface area contributed by atoms with Crippen molar-refractivity contribution in [3.05, 3.63) is 40.3 Å². The molecule has 0 atom stereocenters. The summed E-state index contributed by atoms with van der Waals surface area (Å²) >= 11 is 1.60. The number of carbonyl (C=O) groups excluding carboxylic acids is 1. The van der Waals surface area contributed by atoms with Gasteiger partial charge in [-0.25, -0.2) is 4.98 Å². The zero-order valence-corrected chi connectivity index (χ0v) is 17.7. The van der Waals surface area contributed by atoms with Crippen molar-refractivity contribution in [2.75, 3.05) is 53.1 Å². The molecule has 1 saturated heterocycles. The van der Waals surface area contributed by atoms with Gasteiger partial charge in [0.25, 0.3) is 0 Å². The van der Waals surface area contributed by atoms with E-state index in [2.05, 4.69) is 21.8 Å². The van der Waals surface area contributed by atoms with Gasteiger partial charge in [-0.1, -0.05) is 6.07 Å². The predicted octanol–water partition coefficient (Wildman–Crippen LogP) is 2.08. The van der Waals surface area contributed by atoms with Crippen molar-refractivity contribution in [1.82, 2.24) is 19.7 Å². The van der Waals surface area contributed by atoms with E-state index >= 15 is 0 Å². The second kappa shape index (κ2) is 9.56. The molecule has 0 radical (unpaired) electrons. The molecule has 0 unspecified atom stereocenters. The second-order valence-electron chi connectivity index (χ2n) is 7.60. The Hall–Kier alpha value is -2.16. The molecule has 0 aliphatic carbocycles. The van der Waals surface area contributed by atoms with Gasteiger partial charge < -0.3 is 24.2 Å². The summed E-state index contributed by atoms with van der Waals surface area (Å²) in [5.74, 6) is 1.59. The summed E-state index contributed by atoms with van der Waals surface area (Å²) in [6.07, 6.45) is 3.13. The second-order valence-corrected chi connectivity index (χ2v) is 8.58. The lowest BCUT2D eigenvalue weighted by molar-refractivity contribution is -0.131. The molecule has 29 heavy (non-hydrogen) atoms. The van der Waals surface area contributed by atoms with Crippen molar-refractivity contribution in [3.63, 3.8) is 0 Å². The van der Waals surface area contributed by atoms with E-state index in [-0.39, 0.29) is 12.7 Å². The molecule has 3 heterocycles. The number of nitrogens with zero attached hydrogens (tertiary/aromatic N) is 4. The Morgan fingerprint density at radius 1 is 1.21 bits per heavy atom. The van der Waals surface area contributed by atoms with Gasteiger partial charge in [0.05, 0.1) is 13.0 Å². The third kappa shape index (κ3) is 5.46. The van der Waals surface area contributed by atoms with Crippen LogP contribution >= 0.6 is 11.3 Å². The van der Waals surface area contributed by atoms with E-state index in [9.17, 15) is 4.79 Å². The lowest BCUT2D eigenvalue weighted by Crippen LogP contribution is -2.45. The van der Waals surface area contributed by atoms with E-state index in [1.807, 2.05) is 28.5 Å². The molecule has 4 rings (SSSR count). The van der Waals surface area contributed by atoms with Crippen LogP contribution in [0.5, 0.6) is 11.5 Å². The van der Waals surface area contributed by atoms with Gasteiger partial charge in [0.15, 0.2) is 11.5 Å². The van der Waals surface area contributed by atoms with Gasteiger partial charge in [-0.05, 0) is 37.7 Å². The summed E-state index contributed by atoms with van der Waals surface area (Å²) in [6, 6.07) is 5.73. The molecule has 1 aromatic heterocycles. The number of likely N-dealkylation sites (N-methyl/N-ethyl adjacent to an activating group) is 1. The van der Waals surface area contributed by atoms with Crippen molar-refractivity contribution in [2.24, 2.45) is 0 Å². The molecule has 0 N–H and O–H groups in total. The van der Waals surface area contributed by atoms with Crippen molar-refractivity contribution in [1.29, 1.82) is 0 Å². The molecule has 2 aliphatic rings. The summed E-state index contributed by atoms with van der Waals surface area (Å²) in [4.78, 5) is 24.2. The van der Waals surface area contributed by atoms with Crippen LogP contribution in [0.1, 0.15) is 17.0 Å². The maximum absolute atomic E-state index is 13.1. The molecule has 2 aliphatic heterocycles. The van der Waals surface area contributed by atoms with E-state index in [4.69, 9.17) is 9.47 Å². The molecule has 0 saturated carbocycles. The molecular formula is C21H28N4O3S. The third-order valence-corrected chi connectivity index (χ3v) is 6.22. The number of ether oxygens (including phenoxy) is 2. The van der Waals surface area contributed by atoms with E-state index < -0.39 is 0 Å². The number of thiazole rings is 1. The van der Waals surface area contributed by atoms with Gasteiger partial charge in [-0.15, -0.1) is 11.3 Å². The number of fused-ring (bicyclic) bond motifs is 1. The van der Waals surface area contributed by atoms with E-state index in [1.165, 1.54) is 0 Å². The van der Waals surface area contributed by atoms with Crippen molar-refractivity contribution in [2.45, 2.75) is 19.4 Å². The Kier molecular flexibility index (Phi) is 6.63. The fourth-order valence-electron chi connectivity index (χ4n) is 3.68. The Bertz CT molecular complexity index is 806. The Balaban J connectivity index is 1.34. The van der Waals surface area contributed by atoms with Crippen LogP contribution in [-0.4, -0.2) is 78.7 Å². The summed E-state index contributed by atoms with van der Waals surface area (Å²) in [5, 5.41) is 2.93. The van der Waals surface area contributed by atoms with Crippen molar-refractivity contribution in [3.8, 4) is 11.5 Å². The largest absolute Gasteiger partial charge is 0.454 e. The highest BCUT2D eigenvalue weighted by Gasteiger charge is 2.20. The SMILES string of the molecule is CN1CCN(CCCN(Cc2nccs2)C(=O)Cc2ccc3c(c2)OCO3)CC1. The van der Waals surface area contributed by atoms with Crippen LogP contribution in [0.4, 0.5) is 0 Å². The number of amides is 1. The van der Waals surface area contributed by atoms with Crippen molar-refractivity contribution >= 4 is 17.2 Å². The number of piperazine rings is 1. The van der Waals surface area contributed by atoms with Gasteiger partial charge in [0.1, 0.15) is 5.01 Å². The first-order chi connectivity index (χ1) is 14.2. The maximum Gasteiger partial charge on any atom is 0.231 e. The molecule has 156 valence electrons. The highest BCUT2D eigenvalue weighted by molar-refractivity contribution is 7.09. The first-order valence-corrected chi connectivity index (χ1v) is 11.0. The number of hydrogen-bond donors (Lipinski definition) is 0. The van der Waals surface area contributed by atoms with Crippen molar-refractivity contribution < 1.29 is 14.3 Å². The van der Waals surface area contributed by atoms with E-state index in [0.717, 1.165) is 67.8 Å². The van der Waals surface area contributed by atoms with Crippen LogP contribution in [0.15, 0.2) is 29.8 Å². The Morgan fingerprint density at radius 3 is 2.83 bits per heavy atom. The average Bonchev–Trinajstić information content (AvgIpc) is 3.40. The minimum atomic E-state index is 0.123. The first kappa shape index (κ1) is 20.1. The summed E-state index contributed by atoms with van der Waals surface area (Å²) < 4.78 is 10.8. The van der Waals surface area contributed by atoms with E-state index in [1.54, 1.807) is 17.5 Å². The number of carbonyl (C=O) groups is 1. The fourth-order valence-corrected chi connectivity index (χ4v) is 4.31. The zero-order chi connectivity index (χ0) is 20.1. The van der Waals surface area contributed by atoms with Gasteiger partial charge in [-0.2, -0.15) is 0 Å². The Labute approximate surface area is 175 Å². The molecule has 1 fully saturated rings. The molecular weight excluding hydrogens is 388 g/mol. The van der Waals surface area contributed by atoms with Crippen LogP contribution in [0.25, 0.3) is 0 Å². The summed E-state index contributed by atoms with van der Waals surface area (Å²) in [6.45, 7) is 7.04. The van der Waals surface area contributed by atoms with Gasteiger partial charge in [0.2, 0.25) is 12.7 Å². The quantitative estimate of drug-likeness (QED) is 0.657. The van der Waals surface area contributed by atoms with Gasteiger partial charge in [0, 0.05) is 44.3 Å². The van der Waals surface area contributed by atoms with Crippen LogP contribution in [-0.2, 0) is 17.8 Å². The first-order valence-electron chi connectivity index (χ1n) is 10.1. The summed E-state index contributed by atoms with van der Waals surface area (Å²) in [7, 11) is 2.17. The molecule has 0 spiro atoms.